The van der Waals surface area contributed by atoms with Gasteiger partial charge in [0.15, 0.2) is 0 Å². The molecule has 0 aliphatic carbocycles. The lowest BCUT2D eigenvalue weighted by atomic mass is 9.98. The molecule has 3 amide bonds. The van der Waals surface area contributed by atoms with E-state index in [1.54, 1.807) is 27.8 Å². The van der Waals surface area contributed by atoms with Gasteiger partial charge in [0.1, 0.15) is 17.7 Å². The highest BCUT2D eigenvalue weighted by atomic mass is 16.6. The standard InChI is InChI=1S/C31H39N3O4/c1-8-21-13-15-23(16-14-21)27(28(35)32-25-18-17-22-11-9-10-12-24(22)19-25)34(7)29(36)26(20(2)3)33-30(37)38-31(4,5)6/h9-20,26-27H,8H2,1-7H3,(H,32,35)(H,33,37). The number of nitrogens with zero attached hydrogens (tertiary/aromatic N) is 1. The molecule has 2 N–H and O–H groups in total. The first-order valence-electron chi connectivity index (χ1n) is 13.0. The maximum atomic E-state index is 13.7. The fraction of sp³-hybridized carbons (Fsp3) is 0.387. The van der Waals surface area contributed by atoms with E-state index in [-0.39, 0.29) is 17.7 Å². The highest BCUT2D eigenvalue weighted by Gasteiger charge is 2.35. The van der Waals surface area contributed by atoms with Crippen molar-refractivity contribution in [3.63, 3.8) is 0 Å². The van der Waals surface area contributed by atoms with Gasteiger partial charge in [-0.25, -0.2) is 4.79 Å². The van der Waals surface area contributed by atoms with Gasteiger partial charge in [-0.3, -0.25) is 9.59 Å². The molecule has 7 nitrogen and oxygen atoms in total. The minimum Gasteiger partial charge on any atom is -0.444 e. The Labute approximate surface area is 225 Å². The number of likely N-dealkylation sites (N-methyl/N-ethyl adjacent to an activating group) is 1. The summed E-state index contributed by atoms with van der Waals surface area (Å²) in [5, 5.41) is 7.76. The van der Waals surface area contributed by atoms with Crippen LogP contribution in [0.2, 0.25) is 0 Å². The topological polar surface area (TPSA) is 87.7 Å². The second-order valence-corrected chi connectivity index (χ2v) is 10.9. The average Bonchev–Trinajstić information content (AvgIpc) is 2.86. The third-order valence-corrected chi connectivity index (χ3v) is 6.31. The number of hydrogen-bond donors (Lipinski definition) is 2. The molecule has 0 saturated heterocycles. The Morgan fingerprint density at radius 1 is 0.921 bits per heavy atom. The lowest BCUT2D eigenvalue weighted by molar-refractivity contribution is -0.140. The lowest BCUT2D eigenvalue weighted by Gasteiger charge is -2.33. The van der Waals surface area contributed by atoms with Gasteiger partial charge < -0.3 is 20.3 Å². The second kappa shape index (κ2) is 12.1. The summed E-state index contributed by atoms with van der Waals surface area (Å²) in [6.45, 7) is 11.0. The van der Waals surface area contributed by atoms with Crippen molar-refractivity contribution in [2.45, 2.75) is 65.6 Å². The molecular formula is C31H39N3O4. The van der Waals surface area contributed by atoms with Gasteiger partial charge in [-0.05, 0) is 67.1 Å². The zero-order valence-corrected chi connectivity index (χ0v) is 23.4. The van der Waals surface area contributed by atoms with Crippen LogP contribution in [0, 0.1) is 5.92 Å². The van der Waals surface area contributed by atoms with Crippen molar-refractivity contribution >= 4 is 34.4 Å². The van der Waals surface area contributed by atoms with E-state index in [9.17, 15) is 14.4 Å². The van der Waals surface area contributed by atoms with Crippen LogP contribution in [-0.2, 0) is 20.7 Å². The highest BCUT2D eigenvalue weighted by molar-refractivity contribution is 6.00. The van der Waals surface area contributed by atoms with Crippen molar-refractivity contribution < 1.29 is 19.1 Å². The van der Waals surface area contributed by atoms with Crippen molar-refractivity contribution in [2.75, 3.05) is 12.4 Å². The van der Waals surface area contributed by atoms with Crippen LogP contribution in [-0.4, -0.2) is 41.5 Å². The normalized spacial score (nSPS) is 13.1. The fourth-order valence-corrected chi connectivity index (χ4v) is 4.26. The molecule has 3 aromatic rings. The van der Waals surface area contributed by atoms with Crippen LogP contribution in [0.3, 0.4) is 0 Å². The monoisotopic (exact) mass is 517 g/mol. The number of nitrogens with one attached hydrogen (secondary N) is 2. The number of benzene rings is 3. The van der Waals surface area contributed by atoms with Crippen LogP contribution in [0.1, 0.15) is 58.7 Å². The minimum absolute atomic E-state index is 0.232. The molecule has 0 radical (unpaired) electrons. The van der Waals surface area contributed by atoms with Crippen LogP contribution >= 0.6 is 0 Å². The van der Waals surface area contributed by atoms with Crippen molar-refractivity contribution in [3.8, 4) is 0 Å². The number of alkyl carbamates (subject to hydrolysis) is 1. The number of hydrogen-bond acceptors (Lipinski definition) is 4. The Morgan fingerprint density at radius 2 is 1.55 bits per heavy atom. The van der Waals surface area contributed by atoms with E-state index >= 15 is 0 Å². The van der Waals surface area contributed by atoms with Crippen LogP contribution in [0.5, 0.6) is 0 Å². The van der Waals surface area contributed by atoms with Gasteiger partial charge >= 0.3 is 6.09 Å². The number of aryl methyl sites for hydroxylation is 1. The largest absolute Gasteiger partial charge is 0.444 e. The molecule has 3 rings (SSSR count). The summed E-state index contributed by atoms with van der Waals surface area (Å²) >= 11 is 0. The molecule has 202 valence electrons. The van der Waals surface area contributed by atoms with Gasteiger partial charge in [-0.15, -0.1) is 0 Å². The van der Waals surface area contributed by atoms with Gasteiger partial charge in [0.05, 0.1) is 0 Å². The van der Waals surface area contributed by atoms with E-state index in [0.29, 0.717) is 11.3 Å². The molecule has 0 saturated carbocycles. The first-order valence-corrected chi connectivity index (χ1v) is 13.0. The van der Waals surface area contributed by atoms with Gasteiger partial charge in [-0.1, -0.05) is 75.4 Å². The third kappa shape index (κ3) is 7.34. The predicted molar refractivity (Wildman–Crippen MR) is 152 cm³/mol. The van der Waals surface area contributed by atoms with Crippen molar-refractivity contribution in [2.24, 2.45) is 5.92 Å². The van der Waals surface area contributed by atoms with E-state index in [2.05, 4.69) is 17.6 Å². The summed E-state index contributed by atoms with van der Waals surface area (Å²) in [6.07, 6.45) is 0.181. The Hall–Kier alpha value is -3.87. The van der Waals surface area contributed by atoms with Gasteiger partial charge in [0, 0.05) is 12.7 Å². The molecule has 0 aliphatic rings. The van der Waals surface area contributed by atoms with Gasteiger partial charge in [-0.2, -0.15) is 0 Å². The first-order chi connectivity index (χ1) is 17.9. The highest BCUT2D eigenvalue weighted by Crippen LogP contribution is 2.26. The Kier molecular flexibility index (Phi) is 9.15. The SMILES string of the molecule is CCc1ccc(C(C(=O)Nc2ccc3ccccc3c2)N(C)C(=O)C(NC(=O)OC(C)(C)C)C(C)C)cc1. The second-order valence-electron chi connectivity index (χ2n) is 10.9. The zero-order chi connectivity index (χ0) is 28.0. The van der Waals surface area contributed by atoms with Crippen LogP contribution < -0.4 is 10.6 Å². The molecule has 0 fully saturated rings. The molecule has 0 heterocycles. The molecule has 2 unspecified atom stereocenters. The van der Waals surface area contributed by atoms with Gasteiger partial charge in [0.2, 0.25) is 5.91 Å². The van der Waals surface area contributed by atoms with Gasteiger partial charge in [0.25, 0.3) is 5.91 Å². The summed E-state index contributed by atoms with van der Waals surface area (Å²) in [5.41, 5.74) is 1.74. The molecule has 38 heavy (non-hydrogen) atoms. The molecule has 7 heteroatoms. The molecular weight excluding hydrogens is 478 g/mol. The Morgan fingerprint density at radius 3 is 2.13 bits per heavy atom. The number of carbonyl (C=O) groups is 3. The average molecular weight is 518 g/mol. The molecule has 0 bridgehead atoms. The number of ether oxygens (including phenoxy) is 1. The van der Waals surface area contributed by atoms with Crippen LogP contribution in [0.25, 0.3) is 10.8 Å². The maximum absolute atomic E-state index is 13.7. The number of amides is 3. The van der Waals surface area contributed by atoms with E-state index < -0.39 is 23.8 Å². The zero-order valence-electron chi connectivity index (χ0n) is 23.4. The maximum Gasteiger partial charge on any atom is 0.408 e. The summed E-state index contributed by atoms with van der Waals surface area (Å²) in [5.74, 6) is -0.964. The number of fused-ring (bicyclic) bond motifs is 1. The third-order valence-electron chi connectivity index (χ3n) is 6.31. The molecule has 2 atom stereocenters. The number of anilines is 1. The predicted octanol–water partition coefficient (Wildman–Crippen LogP) is 6.09. The number of carbonyl (C=O) groups excluding carboxylic acids is 3. The first kappa shape index (κ1) is 28.7. The summed E-state index contributed by atoms with van der Waals surface area (Å²) in [4.78, 5) is 41.4. The summed E-state index contributed by atoms with van der Waals surface area (Å²) < 4.78 is 5.38. The Balaban J connectivity index is 1.92. The van der Waals surface area contributed by atoms with Crippen molar-refractivity contribution in [1.82, 2.24) is 10.2 Å². The molecule has 3 aromatic carbocycles. The molecule has 0 aromatic heterocycles. The summed E-state index contributed by atoms with van der Waals surface area (Å²) in [7, 11) is 1.59. The smallest absolute Gasteiger partial charge is 0.408 e. The van der Waals surface area contributed by atoms with E-state index in [1.165, 1.54) is 4.90 Å². The van der Waals surface area contributed by atoms with E-state index in [4.69, 9.17) is 4.74 Å². The van der Waals surface area contributed by atoms with Crippen LogP contribution in [0.4, 0.5) is 10.5 Å². The summed E-state index contributed by atoms with van der Waals surface area (Å²) in [6, 6.07) is 19.5. The molecule has 0 spiro atoms. The fourth-order valence-electron chi connectivity index (χ4n) is 4.26. The quantitative estimate of drug-likeness (QED) is 0.379. The molecule has 0 aliphatic heterocycles. The Bertz CT molecular complexity index is 1280. The van der Waals surface area contributed by atoms with E-state index in [1.807, 2.05) is 80.6 Å². The minimum atomic E-state index is -0.915. The van der Waals surface area contributed by atoms with Crippen LogP contribution in [0.15, 0.2) is 66.7 Å². The lowest BCUT2D eigenvalue weighted by Crippen LogP contribution is -2.53. The van der Waals surface area contributed by atoms with E-state index in [0.717, 1.165) is 22.8 Å². The van der Waals surface area contributed by atoms with Crippen molar-refractivity contribution in [3.05, 3.63) is 77.9 Å². The van der Waals surface area contributed by atoms with Crippen molar-refractivity contribution in [1.29, 1.82) is 0 Å². The number of rotatable bonds is 8.